The second-order valence-electron chi connectivity index (χ2n) is 3.32. The van der Waals surface area contributed by atoms with E-state index in [1.54, 1.807) is 12.3 Å². The van der Waals surface area contributed by atoms with E-state index in [0.717, 1.165) is 6.54 Å². The highest BCUT2D eigenvalue weighted by Gasteiger charge is 2.15. The Bertz CT molecular complexity index is 299. The average molecular weight is 210 g/mol. The summed E-state index contributed by atoms with van der Waals surface area (Å²) < 4.78 is 0. The number of thioether (sulfide) groups is 1. The highest BCUT2D eigenvalue weighted by Crippen LogP contribution is 2.25. The van der Waals surface area contributed by atoms with Crippen molar-refractivity contribution >= 4 is 23.5 Å². The fourth-order valence-electron chi connectivity index (χ4n) is 1.47. The fourth-order valence-corrected chi connectivity index (χ4v) is 2.67. The molecule has 1 saturated heterocycles. The van der Waals surface area contributed by atoms with Gasteiger partial charge in [-0.05, 0) is 24.7 Å². The minimum absolute atomic E-state index is 0.515. The van der Waals surface area contributed by atoms with Gasteiger partial charge in [-0.15, -0.1) is 0 Å². The highest BCUT2D eigenvalue weighted by molar-refractivity contribution is 8.00. The van der Waals surface area contributed by atoms with Crippen molar-refractivity contribution in [2.45, 2.75) is 18.1 Å². The third-order valence-corrected chi connectivity index (χ3v) is 3.59. The minimum atomic E-state index is 0.515. The Morgan fingerprint density at radius 1 is 1.64 bits per heavy atom. The van der Waals surface area contributed by atoms with Crippen LogP contribution in [0.1, 0.15) is 12.8 Å². The van der Waals surface area contributed by atoms with Crippen molar-refractivity contribution in [1.29, 1.82) is 0 Å². The standard InChI is InChI=1S/C9H14N4S/c10-8-3-4-11-9(13-8)12-6-7-2-1-5-14-7/h3-4,7H,1-2,5-6H2,(H3,10,11,12,13). The lowest BCUT2D eigenvalue weighted by Crippen LogP contribution is -2.15. The van der Waals surface area contributed by atoms with Crippen LogP contribution in [0.5, 0.6) is 0 Å². The molecule has 1 atom stereocenters. The molecule has 2 heterocycles. The van der Waals surface area contributed by atoms with Crippen molar-refractivity contribution in [2.24, 2.45) is 0 Å². The van der Waals surface area contributed by atoms with Gasteiger partial charge in [-0.25, -0.2) is 4.98 Å². The monoisotopic (exact) mass is 210 g/mol. The molecule has 1 aliphatic heterocycles. The van der Waals surface area contributed by atoms with E-state index in [1.807, 2.05) is 11.8 Å². The second kappa shape index (κ2) is 4.50. The summed E-state index contributed by atoms with van der Waals surface area (Å²) in [6, 6.07) is 1.69. The molecule has 2 rings (SSSR count). The van der Waals surface area contributed by atoms with Crippen molar-refractivity contribution < 1.29 is 0 Å². The Balaban J connectivity index is 1.85. The van der Waals surface area contributed by atoms with Gasteiger partial charge >= 0.3 is 0 Å². The molecule has 0 aromatic carbocycles. The minimum Gasteiger partial charge on any atom is -0.384 e. The maximum Gasteiger partial charge on any atom is 0.224 e. The quantitative estimate of drug-likeness (QED) is 0.788. The van der Waals surface area contributed by atoms with Crippen LogP contribution in [-0.4, -0.2) is 27.5 Å². The van der Waals surface area contributed by atoms with E-state index in [9.17, 15) is 0 Å². The van der Waals surface area contributed by atoms with Crippen LogP contribution in [0.15, 0.2) is 12.3 Å². The normalized spacial score (nSPS) is 21.0. The molecule has 76 valence electrons. The van der Waals surface area contributed by atoms with Gasteiger partial charge in [0, 0.05) is 18.0 Å². The molecule has 0 bridgehead atoms. The van der Waals surface area contributed by atoms with Crippen LogP contribution in [-0.2, 0) is 0 Å². The van der Waals surface area contributed by atoms with Gasteiger partial charge in [-0.3, -0.25) is 0 Å². The van der Waals surface area contributed by atoms with E-state index in [4.69, 9.17) is 5.73 Å². The highest BCUT2D eigenvalue weighted by atomic mass is 32.2. The number of nitrogen functional groups attached to an aromatic ring is 1. The Morgan fingerprint density at radius 3 is 3.29 bits per heavy atom. The van der Waals surface area contributed by atoms with Gasteiger partial charge < -0.3 is 11.1 Å². The van der Waals surface area contributed by atoms with Crippen molar-refractivity contribution in [3.8, 4) is 0 Å². The largest absolute Gasteiger partial charge is 0.384 e. The predicted molar refractivity (Wildman–Crippen MR) is 60.4 cm³/mol. The first-order chi connectivity index (χ1) is 6.84. The first kappa shape index (κ1) is 9.58. The fraction of sp³-hybridized carbons (Fsp3) is 0.556. The van der Waals surface area contributed by atoms with Crippen molar-refractivity contribution in [3.05, 3.63) is 12.3 Å². The zero-order valence-electron chi connectivity index (χ0n) is 7.94. The number of hydrogen-bond donors (Lipinski definition) is 2. The molecule has 1 fully saturated rings. The van der Waals surface area contributed by atoms with Crippen molar-refractivity contribution in [3.63, 3.8) is 0 Å². The number of nitrogens with one attached hydrogen (secondary N) is 1. The predicted octanol–water partition coefficient (Wildman–Crippen LogP) is 1.37. The number of nitrogens with two attached hydrogens (primary N) is 1. The summed E-state index contributed by atoms with van der Waals surface area (Å²) in [6.45, 7) is 0.939. The molecule has 1 aromatic rings. The molecule has 1 unspecified atom stereocenters. The molecule has 1 aliphatic rings. The summed E-state index contributed by atoms with van der Waals surface area (Å²) in [5, 5.41) is 3.91. The Kier molecular flexibility index (Phi) is 3.08. The number of aromatic nitrogens is 2. The molecular formula is C9H14N4S. The third-order valence-electron chi connectivity index (χ3n) is 2.19. The number of rotatable bonds is 3. The van der Waals surface area contributed by atoms with E-state index in [0.29, 0.717) is 17.0 Å². The maximum atomic E-state index is 5.55. The lowest BCUT2D eigenvalue weighted by molar-refractivity contribution is 0.801. The molecular weight excluding hydrogens is 196 g/mol. The molecule has 0 amide bonds. The first-order valence-electron chi connectivity index (χ1n) is 4.78. The Hall–Kier alpha value is -0.970. The van der Waals surface area contributed by atoms with Crippen LogP contribution in [0.25, 0.3) is 0 Å². The van der Waals surface area contributed by atoms with Gasteiger partial charge in [0.25, 0.3) is 0 Å². The van der Waals surface area contributed by atoms with E-state index in [-0.39, 0.29) is 0 Å². The topological polar surface area (TPSA) is 63.8 Å². The smallest absolute Gasteiger partial charge is 0.224 e. The average Bonchev–Trinajstić information content (AvgIpc) is 2.67. The molecule has 3 N–H and O–H groups in total. The third kappa shape index (κ3) is 2.51. The molecule has 5 heteroatoms. The molecule has 0 spiro atoms. The van der Waals surface area contributed by atoms with Gasteiger partial charge in [0.1, 0.15) is 5.82 Å². The van der Waals surface area contributed by atoms with Gasteiger partial charge in [-0.1, -0.05) is 0 Å². The number of hydrogen-bond acceptors (Lipinski definition) is 5. The molecule has 0 saturated carbocycles. The molecule has 4 nitrogen and oxygen atoms in total. The molecule has 0 radical (unpaired) electrons. The lowest BCUT2D eigenvalue weighted by Gasteiger charge is -2.09. The summed E-state index contributed by atoms with van der Waals surface area (Å²) in [4.78, 5) is 8.17. The van der Waals surface area contributed by atoms with Crippen molar-refractivity contribution in [1.82, 2.24) is 9.97 Å². The molecule has 1 aromatic heterocycles. The first-order valence-corrected chi connectivity index (χ1v) is 5.83. The SMILES string of the molecule is Nc1ccnc(NCC2CCCS2)n1. The van der Waals surface area contributed by atoms with Gasteiger partial charge in [-0.2, -0.15) is 16.7 Å². The van der Waals surface area contributed by atoms with Gasteiger partial charge in [0.2, 0.25) is 5.95 Å². The molecule has 14 heavy (non-hydrogen) atoms. The van der Waals surface area contributed by atoms with E-state index in [1.165, 1.54) is 18.6 Å². The van der Waals surface area contributed by atoms with Gasteiger partial charge in [0.05, 0.1) is 0 Å². The van der Waals surface area contributed by atoms with Gasteiger partial charge in [0.15, 0.2) is 0 Å². The van der Waals surface area contributed by atoms with Crippen LogP contribution in [0, 0.1) is 0 Å². The zero-order chi connectivity index (χ0) is 9.80. The van der Waals surface area contributed by atoms with Crippen LogP contribution in [0.4, 0.5) is 11.8 Å². The van der Waals surface area contributed by atoms with Crippen LogP contribution < -0.4 is 11.1 Å². The molecule has 0 aliphatic carbocycles. The van der Waals surface area contributed by atoms with Crippen molar-refractivity contribution in [2.75, 3.05) is 23.3 Å². The summed E-state index contributed by atoms with van der Waals surface area (Å²) in [5.41, 5.74) is 5.55. The Labute approximate surface area is 87.7 Å². The van der Waals surface area contributed by atoms with E-state index >= 15 is 0 Å². The lowest BCUT2D eigenvalue weighted by atomic mass is 10.2. The van der Waals surface area contributed by atoms with Crippen LogP contribution in [0.2, 0.25) is 0 Å². The Morgan fingerprint density at radius 2 is 2.57 bits per heavy atom. The number of anilines is 2. The second-order valence-corrected chi connectivity index (χ2v) is 4.73. The zero-order valence-corrected chi connectivity index (χ0v) is 8.76. The summed E-state index contributed by atoms with van der Waals surface area (Å²) >= 11 is 2.02. The maximum absolute atomic E-state index is 5.55. The summed E-state index contributed by atoms with van der Waals surface area (Å²) in [5.74, 6) is 2.43. The number of nitrogens with zero attached hydrogens (tertiary/aromatic N) is 2. The van der Waals surface area contributed by atoms with Crippen LogP contribution in [0.3, 0.4) is 0 Å². The summed E-state index contributed by atoms with van der Waals surface area (Å²) in [7, 11) is 0. The van der Waals surface area contributed by atoms with E-state index < -0.39 is 0 Å². The summed E-state index contributed by atoms with van der Waals surface area (Å²) in [6.07, 6.45) is 4.29. The van der Waals surface area contributed by atoms with E-state index in [2.05, 4.69) is 15.3 Å². The van der Waals surface area contributed by atoms with Crippen LogP contribution >= 0.6 is 11.8 Å².